The van der Waals surface area contributed by atoms with Crippen LogP contribution < -0.4 is 4.74 Å². The number of rotatable bonds is 6. The van der Waals surface area contributed by atoms with Crippen LogP contribution in [0.1, 0.15) is 18.1 Å². The van der Waals surface area contributed by atoms with Crippen molar-refractivity contribution in [2.24, 2.45) is 0 Å². The van der Waals surface area contributed by atoms with E-state index >= 15 is 0 Å². The zero-order valence-corrected chi connectivity index (χ0v) is 15.0. The molecule has 0 saturated carbocycles. The number of para-hydroxylation sites is 1. The maximum Gasteiger partial charge on any atom is 0.237 e. The van der Waals surface area contributed by atoms with E-state index in [1.54, 1.807) is 17.3 Å². The Balaban J connectivity index is 1.69. The summed E-state index contributed by atoms with van der Waals surface area (Å²) < 4.78 is 5.67. The first kappa shape index (κ1) is 18.4. The van der Waals surface area contributed by atoms with Gasteiger partial charge in [-0.1, -0.05) is 24.3 Å². The van der Waals surface area contributed by atoms with Crippen LogP contribution in [0.3, 0.4) is 0 Å². The molecule has 1 aromatic heterocycles. The Kier molecular flexibility index (Phi) is 6.20. The molecule has 1 amide bonds. The highest BCUT2D eigenvalue weighted by Crippen LogP contribution is 2.21. The van der Waals surface area contributed by atoms with E-state index in [1.807, 2.05) is 48.2 Å². The smallest absolute Gasteiger partial charge is 0.237 e. The lowest BCUT2D eigenvalue weighted by Crippen LogP contribution is -2.36. The highest BCUT2D eigenvalue weighted by Gasteiger charge is 2.27. The molecule has 1 saturated heterocycles. The Morgan fingerprint density at radius 2 is 2.04 bits per heavy atom. The molecule has 0 bridgehead atoms. The van der Waals surface area contributed by atoms with Crippen LogP contribution in [0.4, 0.5) is 0 Å². The second-order valence-corrected chi connectivity index (χ2v) is 6.50. The molecule has 1 fully saturated rings. The molecule has 1 aromatic carbocycles. The summed E-state index contributed by atoms with van der Waals surface area (Å²) in [4.78, 5) is 20.5. The van der Waals surface area contributed by atoms with Crippen LogP contribution in [-0.4, -0.2) is 58.1 Å². The van der Waals surface area contributed by atoms with Crippen LogP contribution in [-0.2, 0) is 17.9 Å². The molecule has 6 nitrogen and oxygen atoms in total. The average molecular weight is 355 g/mol. The number of ether oxygens (including phenoxy) is 1. The van der Waals surface area contributed by atoms with E-state index in [1.165, 1.54) is 0 Å². The monoisotopic (exact) mass is 355 g/mol. The van der Waals surface area contributed by atoms with Gasteiger partial charge in [0.2, 0.25) is 5.91 Å². The number of hydrogen-bond acceptors (Lipinski definition) is 5. The van der Waals surface area contributed by atoms with Crippen LogP contribution in [0.2, 0.25) is 0 Å². The van der Waals surface area contributed by atoms with Gasteiger partial charge >= 0.3 is 0 Å². The Morgan fingerprint density at radius 3 is 2.81 bits per heavy atom. The summed E-state index contributed by atoms with van der Waals surface area (Å²) in [5, 5.41) is 10.4. The lowest BCUT2D eigenvalue weighted by Gasteiger charge is -2.22. The fourth-order valence-corrected chi connectivity index (χ4v) is 3.22. The van der Waals surface area contributed by atoms with Crippen molar-refractivity contribution < 1.29 is 14.6 Å². The maximum absolute atomic E-state index is 12.7. The van der Waals surface area contributed by atoms with Crippen LogP contribution >= 0.6 is 0 Å². The van der Waals surface area contributed by atoms with Crippen molar-refractivity contribution in [2.45, 2.75) is 26.1 Å². The minimum absolute atomic E-state index is 0.0132. The topological polar surface area (TPSA) is 65.9 Å². The number of benzene rings is 1. The number of pyridine rings is 1. The molecule has 0 spiro atoms. The van der Waals surface area contributed by atoms with E-state index in [9.17, 15) is 9.90 Å². The maximum atomic E-state index is 12.7. The largest absolute Gasteiger partial charge is 0.494 e. The van der Waals surface area contributed by atoms with Crippen molar-refractivity contribution in [1.82, 2.24) is 14.8 Å². The Labute approximate surface area is 154 Å². The molecule has 1 aliphatic heterocycles. The summed E-state index contributed by atoms with van der Waals surface area (Å²) in [6.45, 7) is 4.64. The van der Waals surface area contributed by atoms with Crippen molar-refractivity contribution in [1.29, 1.82) is 0 Å². The van der Waals surface area contributed by atoms with E-state index in [-0.39, 0.29) is 12.5 Å². The molecule has 0 radical (unpaired) electrons. The number of hydrogen-bond donors (Lipinski definition) is 1. The summed E-state index contributed by atoms with van der Waals surface area (Å²) in [5.74, 6) is 0.840. The van der Waals surface area contributed by atoms with Gasteiger partial charge in [0, 0.05) is 44.1 Å². The number of aliphatic hydroxyl groups excluding tert-OH is 1. The number of amides is 1. The standard InChI is InChI=1S/C20H25N3O3/c1-2-26-19-8-4-3-7-17(19)12-22-13-18(24)14-23(20(25)15-22)11-16-6-5-9-21-10-16/h3-10,18,24H,2,11-15H2,1H3. The molecular formula is C20H25N3O3. The van der Waals surface area contributed by atoms with E-state index in [0.29, 0.717) is 32.8 Å². The van der Waals surface area contributed by atoms with Gasteiger partial charge in [-0.15, -0.1) is 0 Å². The van der Waals surface area contributed by atoms with E-state index < -0.39 is 6.10 Å². The highest BCUT2D eigenvalue weighted by molar-refractivity contribution is 5.78. The van der Waals surface area contributed by atoms with Crippen LogP contribution in [0, 0.1) is 0 Å². The predicted molar refractivity (Wildman–Crippen MR) is 98.5 cm³/mol. The first-order chi connectivity index (χ1) is 12.7. The third-order valence-electron chi connectivity index (χ3n) is 4.37. The second-order valence-electron chi connectivity index (χ2n) is 6.50. The van der Waals surface area contributed by atoms with Gasteiger partial charge in [-0.3, -0.25) is 14.7 Å². The summed E-state index contributed by atoms with van der Waals surface area (Å²) in [6.07, 6.45) is 2.87. The lowest BCUT2D eigenvalue weighted by atomic mass is 10.2. The van der Waals surface area contributed by atoms with Crippen LogP contribution in [0.15, 0.2) is 48.8 Å². The first-order valence-electron chi connectivity index (χ1n) is 8.93. The van der Waals surface area contributed by atoms with Gasteiger partial charge < -0.3 is 14.7 Å². The van der Waals surface area contributed by atoms with Gasteiger partial charge in [0.25, 0.3) is 0 Å². The number of carbonyl (C=O) groups is 1. The molecule has 6 heteroatoms. The number of aliphatic hydroxyl groups is 1. The van der Waals surface area contributed by atoms with Crippen molar-refractivity contribution in [2.75, 3.05) is 26.2 Å². The van der Waals surface area contributed by atoms with Crippen molar-refractivity contribution in [3.63, 3.8) is 0 Å². The summed E-state index contributed by atoms with van der Waals surface area (Å²) >= 11 is 0. The van der Waals surface area contributed by atoms with E-state index in [4.69, 9.17) is 4.74 Å². The number of carbonyl (C=O) groups excluding carboxylic acids is 1. The highest BCUT2D eigenvalue weighted by atomic mass is 16.5. The molecule has 26 heavy (non-hydrogen) atoms. The average Bonchev–Trinajstić information content (AvgIpc) is 2.76. The van der Waals surface area contributed by atoms with Crippen LogP contribution in [0.25, 0.3) is 0 Å². The quantitative estimate of drug-likeness (QED) is 0.854. The first-order valence-corrected chi connectivity index (χ1v) is 8.93. The Hall–Kier alpha value is -2.44. The summed E-state index contributed by atoms with van der Waals surface area (Å²) in [6, 6.07) is 11.6. The second kappa shape index (κ2) is 8.78. The van der Waals surface area contributed by atoms with Crippen molar-refractivity contribution in [3.8, 4) is 5.75 Å². The minimum atomic E-state index is -0.586. The van der Waals surface area contributed by atoms with E-state index in [0.717, 1.165) is 16.9 Å². The van der Waals surface area contributed by atoms with Gasteiger partial charge in [-0.2, -0.15) is 0 Å². The summed E-state index contributed by atoms with van der Waals surface area (Å²) in [7, 11) is 0. The SMILES string of the molecule is CCOc1ccccc1CN1CC(=O)N(Cc2cccnc2)CC(O)C1. The number of β-amino-alcohol motifs (C(OH)–C–C–N with tert-alkyl or cyclic N) is 1. The van der Waals surface area contributed by atoms with Gasteiger partial charge in [0.1, 0.15) is 5.75 Å². The molecule has 2 heterocycles. The molecule has 1 N–H and O–H groups in total. The van der Waals surface area contributed by atoms with Gasteiger partial charge in [-0.05, 0) is 24.6 Å². The zero-order chi connectivity index (χ0) is 18.4. The van der Waals surface area contributed by atoms with Gasteiger partial charge in [0.15, 0.2) is 0 Å². The molecule has 138 valence electrons. The molecule has 2 aromatic rings. The van der Waals surface area contributed by atoms with Crippen LogP contribution in [0.5, 0.6) is 5.75 Å². The minimum Gasteiger partial charge on any atom is -0.494 e. The molecular weight excluding hydrogens is 330 g/mol. The fourth-order valence-electron chi connectivity index (χ4n) is 3.22. The fraction of sp³-hybridized carbons (Fsp3) is 0.400. The third-order valence-corrected chi connectivity index (χ3v) is 4.37. The van der Waals surface area contributed by atoms with Crippen molar-refractivity contribution in [3.05, 3.63) is 59.9 Å². The van der Waals surface area contributed by atoms with E-state index in [2.05, 4.69) is 4.98 Å². The Morgan fingerprint density at radius 1 is 1.19 bits per heavy atom. The van der Waals surface area contributed by atoms with Gasteiger partial charge in [0.05, 0.1) is 19.3 Å². The van der Waals surface area contributed by atoms with Gasteiger partial charge in [-0.25, -0.2) is 0 Å². The molecule has 0 aliphatic carbocycles. The Bertz CT molecular complexity index is 723. The molecule has 1 atom stereocenters. The summed E-state index contributed by atoms with van der Waals surface area (Å²) in [5.41, 5.74) is 1.98. The number of aromatic nitrogens is 1. The predicted octanol–water partition coefficient (Wildman–Crippen LogP) is 1.69. The normalized spacial score (nSPS) is 18.6. The van der Waals surface area contributed by atoms with Crippen molar-refractivity contribution >= 4 is 5.91 Å². The number of nitrogens with zero attached hydrogens (tertiary/aromatic N) is 3. The third kappa shape index (κ3) is 4.80. The zero-order valence-electron chi connectivity index (χ0n) is 15.0. The molecule has 3 rings (SSSR count). The molecule has 1 unspecified atom stereocenters. The molecule has 1 aliphatic rings. The lowest BCUT2D eigenvalue weighted by molar-refractivity contribution is -0.132.